The van der Waals surface area contributed by atoms with Gasteiger partial charge < -0.3 is 10.5 Å². The molecule has 1 fully saturated rings. The average molecular weight is 100 g/mol. The third kappa shape index (κ3) is 1.43. The van der Waals surface area contributed by atoms with Crippen LogP contribution in [-0.2, 0) is 4.74 Å². The van der Waals surface area contributed by atoms with Crippen molar-refractivity contribution in [3.8, 4) is 0 Å². The van der Waals surface area contributed by atoms with E-state index >= 15 is 0 Å². The molecule has 40 valence electrons. The highest BCUT2D eigenvalue weighted by atomic mass is 16.5. The molecule has 0 unspecified atom stereocenters. The van der Waals surface area contributed by atoms with Gasteiger partial charge in [0.1, 0.15) is 6.10 Å². The molecular formula is C4H8N2O. The Morgan fingerprint density at radius 1 is 1.71 bits per heavy atom. The second-order valence-corrected chi connectivity index (χ2v) is 1.68. The van der Waals surface area contributed by atoms with Crippen molar-refractivity contribution in [2.75, 3.05) is 0 Å². The van der Waals surface area contributed by atoms with Gasteiger partial charge in [0.2, 0.25) is 0 Å². The van der Waals surface area contributed by atoms with Crippen molar-refractivity contribution in [3.05, 3.63) is 0 Å². The molecule has 1 rings (SSSR count). The maximum atomic E-state index is 6.62. The Hall–Kier alpha value is -0.730. The fraction of sp³-hybridized carbons (Fsp3) is 0.750. The molecule has 0 bridgehead atoms. The van der Waals surface area contributed by atoms with Crippen molar-refractivity contribution in [3.63, 3.8) is 0 Å². The van der Waals surface area contributed by atoms with Crippen LogP contribution < -0.4 is 5.73 Å². The van der Waals surface area contributed by atoms with E-state index in [1.807, 2.05) is 0 Å². The first kappa shape index (κ1) is 4.43. The predicted octanol–water partition coefficient (Wildman–Crippen LogP) is 0.0589. The van der Waals surface area contributed by atoms with Crippen LogP contribution in [0.1, 0.15) is 12.8 Å². The van der Waals surface area contributed by atoms with Gasteiger partial charge in [-0.2, -0.15) is 0 Å². The molecule has 0 heterocycles. The van der Waals surface area contributed by atoms with Crippen molar-refractivity contribution < 1.29 is 4.74 Å². The summed E-state index contributed by atoms with van der Waals surface area (Å²) in [6.45, 7) is 0. The summed E-state index contributed by atoms with van der Waals surface area (Å²) >= 11 is 0. The summed E-state index contributed by atoms with van der Waals surface area (Å²) in [4.78, 5) is 0. The lowest BCUT2D eigenvalue weighted by molar-refractivity contribution is 0.282. The van der Waals surface area contributed by atoms with Gasteiger partial charge in [-0.3, -0.25) is 5.41 Å². The Bertz CT molecular complexity index is 87.7. The normalized spacial score (nSPS) is 18.9. The van der Waals surface area contributed by atoms with Crippen LogP contribution in [0.2, 0.25) is 0 Å². The summed E-state index contributed by atoms with van der Waals surface area (Å²) < 4.78 is 4.72. The van der Waals surface area contributed by atoms with E-state index in [2.05, 4.69) is 0 Å². The first-order valence-electron chi connectivity index (χ1n) is 2.29. The van der Waals surface area contributed by atoms with Crippen molar-refractivity contribution >= 4 is 6.02 Å². The predicted molar refractivity (Wildman–Crippen MR) is 26.0 cm³/mol. The number of hydrogen-bond acceptors (Lipinski definition) is 2. The number of hydrogen-bond donors (Lipinski definition) is 2. The average Bonchev–Trinajstić information content (AvgIpc) is 2.17. The molecule has 3 nitrogen and oxygen atoms in total. The van der Waals surface area contributed by atoms with Gasteiger partial charge in [0.05, 0.1) is 0 Å². The number of nitrogens with two attached hydrogens (primary N) is 1. The van der Waals surface area contributed by atoms with Gasteiger partial charge in [0, 0.05) is 0 Å². The summed E-state index contributed by atoms with van der Waals surface area (Å²) in [6.07, 6.45) is 2.41. The molecule has 7 heavy (non-hydrogen) atoms. The van der Waals surface area contributed by atoms with Crippen LogP contribution in [0.4, 0.5) is 0 Å². The van der Waals surface area contributed by atoms with E-state index in [1.54, 1.807) is 0 Å². The van der Waals surface area contributed by atoms with Gasteiger partial charge in [-0.1, -0.05) is 0 Å². The van der Waals surface area contributed by atoms with E-state index in [4.69, 9.17) is 15.9 Å². The third-order valence-electron chi connectivity index (χ3n) is 0.818. The van der Waals surface area contributed by atoms with E-state index in [0.717, 1.165) is 12.8 Å². The topological polar surface area (TPSA) is 59.1 Å². The lowest BCUT2D eigenvalue weighted by Gasteiger charge is -1.95. The van der Waals surface area contributed by atoms with Gasteiger partial charge in [-0.05, 0) is 12.8 Å². The van der Waals surface area contributed by atoms with Crippen LogP contribution in [0.15, 0.2) is 0 Å². The van der Waals surface area contributed by atoms with Gasteiger partial charge >= 0.3 is 0 Å². The Morgan fingerprint density at radius 2 is 2.29 bits per heavy atom. The standard InChI is InChI=1S/C4H8N2O/c5-4(6)7-3-1-2-3/h3H,1-2H2,(H3,5,6). The molecule has 0 radical (unpaired) electrons. The summed E-state index contributed by atoms with van der Waals surface area (Å²) in [5, 5.41) is 6.62. The molecule has 1 aliphatic carbocycles. The summed E-state index contributed by atoms with van der Waals surface area (Å²) in [5.41, 5.74) is 4.89. The fourth-order valence-electron chi connectivity index (χ4n) is 0.365. The zero-order valence-corrected chi connectivity index (χ0v) is 3.98. The molecule has 1 aliphatic rings. The third-order valence-corrected chi connectivity index (χ3v) is 0.818. The Labute approximate surface area is 42.0 Å². The van der Waals surface area contributed by atoms with Crippen LogP contribution in [0, 0.1) is 5.41 Å². The molecule has 1 saturated carbocycles. The van der Waals surface area contributed by atoms with Crippen LogP contribution >= 0.6 is 0 Å². The SMILES string of the molecule is N=C(N)OC1CC1. The van der Waals surface area contributed by atoms with Crippen molar-refractivity contribution in [2.24, 2.45) is 5.73 Å². The Kier molecular flexibility index (Phi) is 0.889. The van der Waals surface area contributed by atoms with Crippen LogP contribution in [0.3, 0.4) is 0 Å². The molecule has 0 spiro atoms. The fourth-order valence-corrected chi connectivity index (χ4v) is 0.365. The minimum absolute atomic E-state index is 0.150. The Balaban J connectivity index is 2.08. The smallest absolute Gasteiger partial charge is 0.279 e. The highest BCUT2D eigenvalue weighted by molar-refractivity contribution is 5.67. The molecule has 0 aromatic heterocycles. The first-order chi connectivity index (χ1) is 3.29. The van der Waals surface area contributed by atoms with Gasteiger partial charge in [0.15, 0.2) is 0 Å². The van der Waals surface area contributed by atoms with E-state index in [9.17, 15) is 0 Å². The minimum Gasteiger partial charge on any atom is -0.462 e. The minimum atomic E-state index is -0.150. The van der Waals surface area contributed by atoms with Gasteiger partial charge in [-0.15, -0.1) is 0 Å². The van der Waals surface area contributed by atoms with Crippen molar-refractivity contribution in [2.45, 2.75) is 18.9 Å². The summed E-state index contributed by atoms with van der Waals surface area (Å²) in [7, 11) is 0. The van der Waals surface area contributed by atoms with Gasteiger partial charge in [0.25, 0.3) is 6.02 Å². The Morgan fingerprint density at radius 3 is 2.43 bits per heavy atom. The highest BCUT2D eigenvalue weighted by Crippen LogP contribution is 2.22. The highest BCUT2D eigenvalue weighted by Gasteiger charge is 2.23. The molecular weight excluding hydrogens is 92.1 g/mol. The first-order valence-corrected chi connectivity index (χ1v) is 2.29. The zero-order chi connectivity index (χ0) is 5.28. The number of ether oxygens (including phenoxy) is 1. The molecule has 0 aromatic carbocycles. The molecule has 0 saturated heterocycles. The molecule has 3 N–H and O–H groups in total. The largest absolute Gasteiger partial charge is 0.462 e. The van der Waals surface area contributed by atoms with E-state index in [1.165, 1.54) is 0 Å². The lowest BCUT2D eigenvalue weighted by Crippen LogP contribution is -2.14. The maximum Gasteiger partial charge on any atom is 0.279 e. The molecule has 0 amide bonds. The monoisotopic (exact) mass is 100 g/mol. The molecule has 0 atom stereocenters. The van der Waals surface area contributed by atoms with Crippen LogP contribution in [0.25, 0.3) is 0 Å². The molecule has 3 heteroatoms. The van der Waals surface area contributed by atoms with Crippen molar-refractivity contribution in [1.82, 2.24) is 0 Å². The quantitative estimate of drug-likeness (QED) is 0.361. The lowest BCUT2D eigenvalue weighted by atomic mass is 10.8. The van der Waals surface area contributed by atoms with E-state index < -0.39 is 0 Å². The zero-order valence-electron chi connectivity index (χ0n) is 3.98. The number of nitrogens with one attached hydrogen (secondary N) is 1. The summed E-state index contributed by atoms with van der Waals surface area (Å²) in [5.74, 6) is 0. The second-order valence-electron chi connectivity index (χ2n) is 1.68. The van der Waals surface area contributed by atoms with Crippen LogP contribution in [-0.4, -0.2) is 12.1 Å². The van der Waals surface area contributed by atoms with Crippen molar-refractivity contribution in [1.29, 1.82) is 5.41 Å². The van der Waals surface area contributed by atoms with Gasteiger partial charge in [-0.25, -0.2) is 0 Å². The van der Waals surface area contributed by atoms with E-state index in [-0.39, 0.29) is 12.1 Å². The summed E-state index contributed by atoms with van der Waals surface area (Å²) in [6, 6.07) is -0.150. The number of rotatable bonds is 1. The number of amidine groups is 1. The second kappa shape index (κ2) is 1.40. The molecule has 0 aliphatic heterocycles. The van der Waals surface area contributed by atoms with E-state index in [0.29, 0.717) is 0 Å². The maximum absolute atomic E-state index is 6.62. The van der Waals surface area contributed by atoms with Crippen LogP contribution in [0.5, 0.6) is 0 Å². The molecule has 0 aromatic rings.